The van der Waals surface area contributed by atoms with Gasteiger partial charge in [0.15, 0.2) is 0 Å². The number of halogens is 1. The average Bonchev–Trinajstić information content (AvgIpc) is 2.78. The largest absolute Gasteiger partial charge is 0.489 e. The van der Waals surface area contributed by atoms with Crippen LogP contribution in [0.5, 0.6) is 5.75 Å². The molecule has 4 nitrogen and oxygen atoms in total. The van der Waals surface area contributed by atoms with Crippen LogP contribution in [0.4, 0.5) is 0 Å². The summed E-state index contributed by atoms with van der Waals surface area (Å²) in [5, 5.41) is 19.8. The Labute approximate surface area is 193 Å². The van der Waals surface area contributed by atoms with Crippen molar-refractivity contribution in [1.29, 1.82) is 0 Å². The first-order valence-electron chi connectivity index (χ1n) is 10.2. The second kappa shape index (κ2) is 11.6. The molecule has 0 amide bonds. The molecule has 3 aromatic carbocycles. The smallest absolute Gasteiger partial charge is 0.120 e. The lowest BCUT2D eigenvalue weighted by atomic mass is 9.92. The van der Waals surface area contributed by atoms with Crippen LogP contribution >= 0.6 is 23.4 Å². The van der Waals surface area contributed by atoms with Gasteiger partial charge in [-0.05, 0) is 53.8 Å². The third-order valence-electron chi connectivity index (χ3n) is 5.09. The van der Waals surface area contributed by atoms with E-state index in [4.69, 9.17) is 27.2 Å². The normalized spacial score (nSPS) is 14.1. The lowest BCUT2D eigenvalue weighted by molar-refractivity contribution is 0.0965. The molecule has 0 saturated carbocycles. The Hall–Kier alpha value is -2.02. The highest BCUT2D eigenvalue weighted by Crippen LogP contribution is 2.35. The second-order valence-electron chi connectivity index (χ2n) is 7.59. The van der Waals surface area contributed by atoms with Gasteiger partial charge in [0.1, 0.15) is 12.4 Å². The van der Waals surface area contributed by atoms with E-state index in [9.17, 15) is 5.11 Å². The molecule has 0 spiro atoms. The van der Waals surface area contributed by atoms with Crippen LogP contribution in [0.15, 0.2) is 82.6 Å². The summed E-state index contributed by atoms with van der Waals surface area (Å²) in [7, 11) is 0. The minimum absolute atomic E-state index is 0.0221. The molecular weight excluding hydrogens is 430 g/mol. The van der Waals surface area contributed by atoms with Crippen LogP contribution in [0.2, 0.25) is 5.02 Å². The summed E-state index contributed by atoms with van der Waals surface area (Å²) >= 11 is 8.15. The molecule has 0 heterocycles. The Morgan fingerprint density at radius 2 is 1.74 bits per heavy atom. The van der Waals surface area contributed by atoms with Crippen molar-refractivity contribution in [3.63, 3.8) is 0 Å². The van der Waals surface area contributed by atoms with Crippen LogP contribution in [-0.4, -0.2) is 29.0 Å². The zero-order valence-corrected chi connectivity index (χ0v) is 19.0. The molecule has 164 valence electrons. The number of ether oxygens (including phenoxy) is 1. The van der Waals surface area contributed by atoms with Gasteiger partial charge in [0, 0.05) is 14.8 Å². The van der Waals surface area contributed by atoms with Gasteiger partial charge in [0.05, 0.1) is 18.8 Å². The Morgan fingerprint density at radius 3 is 2.45 bits per heavy atom. The fourth-order valence-electron chi connectivity index (χ4n) is 3.26. The fraction of sp³-hybridized carbons (Fsp3) is 0.280. The molecule has 4 N–H and O–H groups in total. The van der Waals surface area contributed by atoms with Crippen LogP contribution < -0.4 is 10.5 Å². The van der Waals surface area contributed by atoms with Crippen molar-refractivity contribution in [1.82, 2.24) is 0 Å². The molecule has 0 aliphatic heterocycles. The Bertz CT molecular complexity index is 970. The van der Waals surface area contributed by atoms with Crippen molar-refractivity contribution in [2.45, 2.75) is 47.8 Å². The Kier molecular flexibility index (Phi) is 8.81. The maximum absolute atomic E-state index is 10.1. The van der Waals surface area contributed by atoms with Crippen molar-refractivity contribution >= 4 is 23.4 Å². The van der Waals surface area contributed by atoms with E-state index in [2.05, 4.69) is 0 Å². The molecule has 31 heavy (non-hydrogen) atoms. The lowest BCUT2D eigenvalue weighted by Crippen LogP contribution is -2.38. The van der Waals surface area contributed by atoms with Crippen molar-refractivity contribution in [3.8, 4) is 5.75 Å². The van der Waals surface area contributed by atoms with Gasteiger partial charge in [-0.15, -0.1) is 0 Å². The summed E-state index contributed by atoms with van der Waals surface area (Å²) in [5.74, 6) is 0.841. The van der Waals surface area contributed by atoms with Gasteiger partial charge in [-0.3, -0.25) is 0 Å². The molecule has 6 heteroatoms. The van der Waals surface area contributed by atoms with Gasteiger partial charge >= 0.3 is 0 Å². The molecule has 3 unspecified atom stereocenters. The highest BCUT2D eigenvalue weighted by molar-refractivity contribution is 7.99. The maximum Gasteiger partial charge on any atom is 0.120 e. The predicted octanol–water partition coefficient (Wildman–Crippen LogP) is 5.24. The summed E-state index contributed by atoms with van der Waals surface area (Å²) in [6.45, 7) is 2.28. The van der Waals surface area contributed by atoms with E-state index in [-0.39, 0.29) is 12.5 Å². The first-order valence-corrected chi connectivity index (χ1v) is 11.4. The molecule has 0 fully saturated rings. The monoisotopic (exact) mass is 457 g/mol. The highest BCUT2D eigenvalue weighted by atomic mass is 35.5. The van der Waals surface area contributed by atoms with Gasteiger partial charge in [-0.1, -0.05) is 72.8 Å². The van der Waals surface area contributed by atoms with E-state index < -0.39 is 12.1 Å². The molecule has 0 aromatic heterocycles. The average molecular weight is 458 g/mol. The van der Waals surface area contributed by atoms with Gasteiger partial charge in [0.2, 0.25) is 0 Å². The Balaban J connectivity index is 1.63. The summed E-state index contributed by atoms with van der Waals surface area (Å²) in [6.07, 6.45) is -0.335. The molecule has 0 bridgehead atoms. The molecule has 3 rings (SSSR count). The minimum atomic E-state index is -0.774. The molecule has 0 saturated heterocycles. The maximum atomic E-state index is 10.1. The predicted molar refractivity (Wildman–Crippen MR) is 127 cm³/mol. The van der Waals surface area contributed by atoms with E-state index in [1.54, 1.807) is 11.8 Å². The van der Waals surface area contributed by atoms with Crippen molar-refractivity contribution in [3.05, 3.63) is 88.9 Å². The number of hydrogen-bond acceptors (Lipinski definition) is 5. The molecule has 0 aliphatic carbocycles. The zero-order valence-electron chi connectivity index (χ0n) is 17.4. The minimum Gasteiger partial charge on any atom is -0.489 e. The van der Waals surface area contributed by atoms with Crippen molar-refractivity contribution < 1.29 is 14.9 Å². The van der Waals surface area contributed by atoms with E-state index in [1.165, 1.54) is 0 Å². The van der Waals surface area contributed by atoms with E-state index in [1.807, 2.05) is 79.7 Å². The van der Waals surface area contributed by atoms with E-state index in [0.717, 1.165) is 26.7 Å². The van der Waals surface area contributed by atoms with Crippen LogP contribution in [-0.2, 0) is 6.61 Å². The molecule has 3 atom stereocenters. The van der Waals surface area contributed by atoms with E-state index in [0.29, 0.717) is 18.1 Å². The summed E-state index contributed by atoms with van der Waals surface area (Å²) in [6, 6.07) is 23.4. The lowest BCUT2D eigenvalue weighted by Gasteiger charge is -2.21. The molecular formula is C25H28ClNO3S. The zero-order chi connectivity index (χ0) is 22.2. The quantitative estimate of drug-likeness (QED) is 0.388. The van der Waals surface area contributed by atoms with Crippen LogP contribution in [0.25, 0.3) is 0 Å². The van der Waals surface area contributed by atoms with Crippen LogP contribution in [0.1, 0.15) is 30.4 Å². The summed E-state index contributed by atoms with van der Waals surface area (Å²) in [5.41, 5.74) is 7.79. The van der Waals surface area contributed by atoms with Gasteiger partial charge in [0.25, 0.3) is 0 Å². The van der Waals surface area contributed by atoms with Crippen molar-refractivity contribution in [2.24, 2.45) is 5.73 Å². The third-order valence-corrected chi connectivity index (χ3v) is 6.40. The first-order chi connectivity index (χ1) is 15.0. The van der Waals surface area contributed by atoms with Crippen LogP contribution in [0.3, 0.4) is 0 Å². The highest BCUT2D eigenvalue weighted by Gasteiger charge is 2.19. The molecule has 3 aromatic rings. The number of aliphatic hydroxyl groups excluding tert-OH is 2. The van der Waals surface area contributed by atoms with Gasteiger partial charge in [-0.2, -0.15) is 0 Å². The molecule has 0 radical (unpaired) electrons. The van der Waals surface area contributed by atoms with Gasteiger partial charge in [-0.25, -0.2) is 0 Å². The number of rotatable bonds is 10. The number of hydrogen-bond donors (Lipinski definition) is 3. The standard InChI is InChI=1S/C25H28ClNO3S/c1-17(12-25(29)24(27)15-28)22-11-10-21(14-23(22)26)31-20-9-5-8-19(13-20)30-16-18-6-3-2-4-7-18/h2-11,13-14,17,24-25,28-29H,12,15-16,27H2,1H3. The number of nitrogens with two attached hydrogens (primary N) is 1. The summed E-state index contributed by atoms with van der Waals surface area (Å²) in [4.78, 5) is 2.08. The van der Waals surface area contributed by atoms with Crippen molar-refractivity contribution in [2.75, 3.05) is 6.61 Å². The van der Waals surface area contributed by atoms with Crippen LogP contribution in [0, 0.1) is 0 Å². The SMILES string of the molecule is CC(CC(O)C(N)CO)c1ccc(Sc2cccc(OCc3ccccc3)c2)cc1Cl. The Morgan fingerprint density at radius 1 is 1.00 bits per heavy atom. The molecule has 0 aliphatic rings. The number of aliphatic hydroxyl groups is 2. The summed E-state index contributed by atoms with van der Waals surface area (Å²) < 4.78 is 5.92. The third kappa shape index (κ3) is 6.99. The van der Waals surface area contributed by atoms with E-state index >= 15 is 0 Å². The second-order valence-corrected chi connectivity index (χ2v) is 9.14. The number of benzene rings is 3. The first kappa shape index (κ1) is 23.6. The van der Waals surface area contributed by atoms with Gasteiger partial charge < -0.3 is 20.7 Å². The fourth-order valence-corrected chi connectivity index (χ4v) is 4.60. The topological polar surface area (TPSA) is 75.7 Å².